The van der Waals surface area contributed by atoms with Crippen molar-refractivity contribution in [1.82, 2.24) is 0 Å². The normalized spacial score (nSPS) is 10.6. The molecule has 0 heterocycles. The molecule has 0 unspecified atom stereocenters. The molecule has 5 nitrogen and oxygen atoms in total. The topological polar surface area (TPSA) is 89.5 Å². The molecule has 3 aromatic rings. The second-order valence-corrected chi connectivity index (χ2v) is 6.58. The summed E-state index contributed by atoms with van der Waals surface area (Å²) in [4.78, 5) is -0.403. The van der Waals surface area contributed by atoms with E-state index in [1.165, 1.54) is 13.0 Å². The van der Waals surface area contributed by atoms with Crippen LogP contribution in [0.25, 0.3) is 10.8 Å². The first-order valence-electron chi connectivity index (χ1n) is 6.90. The summed E-state index contributed by atoms with van der Waals surface area (Å²) >= 11 is 0. The van der Waals surface area contributed by atoms with Gasteiger partial charge in [-0.15, -0.1) is 0 Å². The fourth-order valence-corrected chi connectivity index (χ4v) is 3.23. The summed E-state index contributed by atoms with van der Waals surface area (Å²) in [6.45, 7) is 1.41. The quantitative estimate of drug-likeness (QED) is 0.535. The molecule has 2 N–H and O–H groups in total. The van der Waals surface area contributed by atoms with Gasteiger partial charge >= 0.3 is 29.6 Å². The summed E-state index contributed by atoms with van der Waals surface area (Å²) in [6, 6.07) is 15.9. The van der Waals surface area contributed by atoms with Crippen LogP contribution in [0.2, 0.25) is 0 Å². The number of phenolic OH excluding ortho intramolecular Hbond substituents is 1. The van der Waals surface area contributed by atoms with Crippen molar-refractivity contribution in [3.05, 3.63) is 60.2 Å². The first-order chi connectivity index (χ1) is 10.9. The Bertz CT molecular complexity index is 989. The Kier molecular flexibility index (Phi) is 7.05. The molecule has 0 saturated carbocycles. The maximum absolute atomic E-state index is 11.3. The molecule has 0 radical (unpaired) electrons. The van der Waals surface area contributed by atoms with Gasteiger partial charge < -0.3 is 15.0 Å². The summed E-state index contributed by atoms with van der Waals surface area (Å²) < 4.78 is 34.0. The van der Waals surface area contributed by atoms with Gasteiger partial charge in [0.1, 0.15) is 15.9 Å². The zero-order chi connectivity index (χ0) is 16.6. The van der Waals surface area contributed by atoms with Gasteiger partial charge in [0.15, 0.2) is 0 Å². The number of rotatable bonds is 3. The minimum atomic E-state index is -4.65. The molecule has 7 heteroatoms. The Morgan fingerprint density at radius 3 is 2.24 bits per heavy atom. The second kappa shape index (κ2) is 8.21. The van der Waals surface area contributed by atoms with Crippen LogP contribution in [-0.4, -0.2) is 18.1 Å². The Hall–Kier alpha value is -1.57. The second-order valence-electron chi connectivity index (χ2n) is 5.23. The third kappa shape index (κ3) is 4.54. The van der Waals surface area contributed by atoms with Gasteiger partial charge in [-0.1, -0.05) is 25.6 Å². The van der Waals surface area contributed by atoms with Crippen LogP contribution in [-0.2, 0) is 10.1 Å². The molecule has 0 bridgehead atoms. The summed E-state index contributed by atoms with van der Waals surface area (Å²) in [5.41, 5.74) is 1.66. The number of nitrogens with one attached hydrogen (secondary N) is 1. The van der Waals surface area contributed by atoms with Crippen molar-refractivity contribution in [3.8, 4) is 5.75 Å². The molecular weight excluding hydrogens is 349 g/mol. The molecule has 25 heavy (non-hydrogen) atoms. The van der Waals surface area contributed by atoms with Gasteiger partial charge in [0.05, 0.1) is 4.90 Å². The van der Waals surface area contributed by atoms with Crippen LogP contribution >= 0.6 is 0 Å². The molecule has 0 fully saturated rings. The zero-order valence-electron chi connectivity index (χ0n) is 13.3. The Balaban J connectivity index is 0.00000156. The van der Waals surface area contributed by atoms with E-state index < -0.39 is 15.0 Å². The first-order valence-corrected chi connectivity index (χ1v) is 8.31. The molecule has 0 amide bonds. The summed E-state index contributed by atoms with van der Waals surface area (Å²) in [5.74, 6) is -0.191. The summed E-state index contributed by atoms with van der Waals surface area (Å²) in [5, 5.41) is 14.3. The zero-order valence-corrected chi connectivity index (χ0v) is 16.1. The molecular formula is C18H18NNaO4S. The van der Waals surface area contributed by atoms with Crippen molar-refractivity contribution >= 4 is 32.3 Å². The SMILES string of the molecule is C.Cc1c(S(=O)(=O)[O-])cc2cc(Nc3ccccc3)ccc2c1O.[Na+]. The van der Waals surface area contributed by atoms with Gasteiger partial charge in [0.2, 0.25) is 0 Å². The third-order valence-electron chi connectivity index (χ3n) is 3.65. The van der Waals surface area contributed by atoms with E-state index in [4.69, 9.17) is 0 Å². The number of phenols is 1. The number of anilines is 2. The van der Waals surface area contributed by atoms with Gasteiger partial charge in [-0.3, -0.25) is 0 Å². The van der Waals surface area contributed by atoms with Gasteiger partial charge in [-0.25, -0.2) is 8.42 Å². The van der Waals surface area contributed by atoms with Crippen LogP contribution in [0.5, 0.6) is 5.75 Å². The van der Waals surface area contributed by atoms with E-state index in [1.54, 1.807) is 18.2 Å². The fraction of sp³-hybridized carbons (Fsp3) is 0.111. The number of aromatic hydroxyl groups is 1. The molecule has 0 aromatic heterocycles. The molecule has 0 spiro atoms. The van der Waals surface area contributed by atoms with Gasteiger partial charge in [-0.05, 0) is 48.7 Å². The van der Waals surface area contributed by atoms with Gasteiger partial charge in [-0.2, -0.15) is 0 Å². The van der Waals surface area contributed by atoms with Crippen molar-refractivity contribution < 1.29 is 47.6 Å². The molecule has 3 rings (SSSR count). The minimum Gasteiger partial charge on any atom is -0.744 e. The van der Waals surface area contributed by atoms with Gasteiger partial charge in [0.25, 0.3) is 0 Å². The maximum Gasteiger partial charge on any atom is 1.00 e. The number of hydrogen-bond acceptors (Lipinski definition) is 5. The van der Waals surface area contributed by atoms with E-state index in [2.05, 4.69) is 5.32 Å². The average Bonchev–Trinajstić information content (AvgIpc) is 2.50. The van der Waals surface area contributed by atoms with Crippen LogP contribution in [0, 0.1) is 6.92 Å². The van der Waals surface area contributed by atoms with Crippen molar-refractivity contribution in [2.24, 2.45) is 0 Å². The van der Waals surface area contributed by atoms with Crippen LogP contribution in [0.4, 0.5) is 11.4 Å². The van der Waals surface area contributed by atoms with E-state index in [0.29, 0.717) is 10.8 Å². The van der Waals surface area contributed by atoms with Crippen molar-refractivity contribution in [2.75, 3.05) is 5.32 Å². The monoisotopic (exact) mass is 367 g/mol. The van der Waals surface area contributed by atoms with Gasteiger partial charge in [0, 0.05) is 22.3 Å². The molecule has 0 aliphatic heterocycles. The number of para-hydroxylation sites is 1. The number of benzene rings is 3. The Labute approximate surface area is 169 Å². The maximum atomic E-state index is 11.3. The van der Waals surface area contributed by atoms with E-state index in [9.17, 15) is 18.1 Å². The largest absolute Gasteiger partial charge is 1.00 e. The van der Waals surface area contributed by atoms with Crippen molar-refractivity contribution in [3.63, 3.8) is 0 Å². The molecule has 0 atom stereocenters. The molecule has 0 aliphatic carbocycles. The van der Waals surface area contributed by atoms with E-state index >= 15 is 0 Å². The molecule has 3 aromatic carbocycles. The molecule has 126 valence electrons. The van der Waals surface area contributed by atoms with E-state index in [-0.39, 0.29) is 48.3 Å². The predicted molar refractivity (Wildman–Crippen MR) is 94.8 cm³/mol. The fourth-order valence-electron chi connectivity index (χ4n) is 2.49. The minimum absolute atomic E-state index is 0. The van der Waals surface area contributed by atoms with E-state index in [1.807, 2.05) is 30.3 Å². The third-order valence-corrected chi connectivity index (χ3v) is 4.61. The van der Waals surface area contributed by atoms with Crippen molar-refractivity contribution in [1.29, 1.82) is 0 Å². The Morgan fingerprint density at radius 1 is 1.00 bits per heavy atom. The molecule has 0 saturated heterocycles. The number of hydrogen-bond donors (Lipinski definition) is 2. The first kappa shape index (κ1) is 21.5. The predicted octanol–water partition coefficient (Wildman–Crippen LogP) is 1.14. The summed E-state index contributed by atoms with van der Waals surface area (Å²) in [6.07, 6.45) is 0. The standard InChI is InChI=1S/C17H15NO4S.CH4.Na/c1-11-16(23(20,21)22)10-12-9-14(7-8-15(12)17(11)19)18-13-5-3-2-4-6-13;;/h2-10,18-19H,1H3,(H,20,21,22);1H4;/q;;+1/p-1. The van der Waals surface area contributed by atoms with Crippen molar-refractivity contribution in [2.45, 2.75) is 19.2 Å². The van der Waals surface area contributed by atoms with Crippen LogP contribution in [0.1, 0.15) is 13.0 Å². The number of fused-ring (bicyclic) bond motifs is 1. The van der Waals surface area contributed by atoms with Crippen LogP contribution < -0.4 is 34.9 Å². The molecule has 0 aliphatic rings. The van der Waals surface area contributed by atoms with Crippen LogP contribution in [0.3, 0.4) is 0 Å². The van der Waals surface area contributed by atoms with Crippen LogP contribution in [0.15, 0.2) is 59.5 Å². The average molecular weight is 367 g/mol. The summed E-state index contributed by atoms with van der Waals surface area (Å²) in [7, 11) is -4.65. The Morgan fingerprint density at radius 2 is 1.64 bits per heavy atom. The van der Waals surface area contributed by atoms with E-state index in [0.717, 1.165) is 11.4 Å². The smallest absolute Gasteiger partial charge is 0.744 e.